The Morgan fingerprint density at radius 1 is 1.56 bits per heavy atom. The zero-order valence-corrected chi connectivity index (χ0v) is 10.5. The predicted molar refractivity (Wildman–Crippen MR) is 62.7 cm³/mol. The SMILES string of the molecule is CC(=O)O[C@@H]1C(/C=C/C(C)(C)O)=CC(=O)[C@@H]2O[C@H]12. The molecule has 0 unspecified atom stereocenters. The molecule has 0 bridgehead atoms. The Kier molecular flexibility index (Phi) is 3.12. The number of hydrogen-bond donors (Lipinski definition) is 1. The van der Waals surface area contributed by atoms with E-state index in [1.807, 2.05) is 0 Å². The molecule has 1 heterocycles. The number of fused-ring (bicyclic) bond motifs is 1. The highest BCUT2D eigenvalue weighted by Crippen LogP contribution is 2.37. The molecule has 0 aromatic rings. The molecular weight excluding hydrogens is 236 g/mol. The molecule has 18 heavy (non-hydrogen) atoms. The van der Waals surface area contributed by atoms with Crippen molar-refractivity contribution in [1.29, 1.82) is 0 Å². The van der Waals surface area contributed by atoms with Gasteiger partial charge in [0.05, 0.1) is 5.60 Å². The molecule has 1 fully saturated rings. The lowest BCUT2D eigenvalue weighted by molar-refractivity contribution is -0.145. The molecule has 2 aliphatic rings. The van der Waals surface area contributed by atoms with E-state index in [1.165, 1.54) is 13.0 Å². The van der Waals surface area contributed by atoms with Crippen LogP contribution in [0, 0.1) is 0 Å². The van der Waals surface area contributed by atoms with Crippen molar-refractivity contribution in [1.82, 2.24) is 0 Å². The van der Waals surface area contributed by atoms with Crippen LogP contribution in [0.3, 0.4) is 0 Å². The quantitative estimate of drug-likeness (QED) is 0.585. The predicted octanol–water partition coefficient (Wildman–Crippen LogP) is 0.522. The molecule has 1 aliphatic carbocycles. The molecule has 0 radical (unpaired) electrons. The molecular formula is C13H16O5. The molecule has 5 nitrogen and oxygen atoms in total. The fourth-order valence-corrected chi connectivity index (χ4v) is 1.86. The van der Waals surface area contributed by atoms with Crippen molar-refractivity contribution in [2.75, 3.05) is 0 Å². The summed E-state index contributed by atoms with van der Waals surface area (Å²) in [6.45, 7) is 4.54. The van der Waals surface area contributed by atoms with E-state index in [1.54, 1.807) is 26.0 Å². The number of epoxide rings is 1. The first-order chi connectivity index (χ1) is 8.28. The Labute approximate surface area is 105 Å². The third-order valence-electron chi connectivity index (χ3n) is 2.72. The molecule has 1 saturated heterocycles. The third-order valence-corrected chi connectivity index (χ3v) is 2.72. The van der Waals surface area contributed by atoms with Crippen LogP contribution in [0.4, 0.5) is 0 Å². The summed E-state index contributed by atoms with van der Waals surface area (Å²) in [5.41, 5.74) is -0.442. The van der Waals surface area contributed by atoms with Gasteiger partial charge >= 0.3 is 5.97 Å². The van der Waals surface area contributed by atoms with Crippen LogP contribution in [0.2, 0.25) is 0 Å². The maximum absolute atomic E-state index is 11.6. The summed E-state index contributed by atoms with van der Waals surface area (Å²) in [4.78, 5) is 22.6. The normalized spacial score (nSPS) is 31.0. The second kappa shape index (κ2) is 4.33. The van der Waals surface area contributed by atoms with Crippen LogP contribution >= 0.6 is 0 Å². The summed E-state index contributed by atoms with van der Waals surface area (Å²) in [6.07, 6.45) is 3.13. The van der Waals surface area contributed by atoms with E-state index in [0.717, 1.165) is 0 Å². The van der Waals surface area contributed by atoms with E-state index < -0.39 is 23.8 Å². The Balaban J connectivity index is 2.21. The van der Waals surface area contributed by atoms with Crippen LogP contribution < -0.4 is 0 Å². The number of hydrogen-bond acceptors (Lipinski definition) is 5. The standard InChI is InChI=1S/C13H16O5/c1-7(14)17-10-8(4-5-13(2,3)16)6-9(15)11-12(10)18-11/h4-6,10-12,16H,1-3H3/b5-4+/t10-,11+,12-/m1/s1. The molecule has 5 heteroatoms. The van der Waals surface area contributed by atoms with Crippen molar-refractivity contribution in [3.05, 3.63) is 23.8 Å². The summed E-state index contributed by atoms with van der Waals surface area (Å²) >= 11 is 0. The number of carbonyl (C=O) groups excluding carboxylic acids is 2. The smallest absolute Gasteiger partial charge is 0.303 e. The first-order valence-corrected chi connectivity index (χ1v) is 5.78. The van der Waals surface area contributed by atoms with Crippen LogP contribution in [-0.4, -0.2) is 40.8 Å². The van der Waals surface area contributed by atoms with Crippen LogP contribution in [0.25, 0.3) is 0 Å². The minimum absolute atomic E-state index is 0.126. The molecule has 98 valence electrons. The maximum atomic E-state index is 11.6. The number of ether oxygens (including phenoxy) is 2. The van der Waals surface area contributed by atoms with Crippen LogP contribution in [-0.2, 0) is 19.1 Å². The van der Waals surface area contributed by atoms with Gasteiger partial charge in [0.1, 0.15) is 6.10 Å². The molecule has 0 aromatic heterocycles. The van der Waals surface area contributed by atoms with Gasteiger partial charge in [0.15, 0.2) is 18.0 Å². The molecule has 1 aliphatic heterocycles. The third kappa shape index (κ3) is 2.86. The maximum Gasteiger partial charge on any atom is 0.303 e. The van der Waals surface area contributed by atoms with Crippen molar-refractivity contribution in [3.63, 3.8) is 0 Å². The van der Waals surface area contributed by atoms with Crippen molar-refractivity contribution in [2.45, 2.75) is 44.7 Å². The fourth-order valence-electron chi connectivity index (χ4n) is 1.86. The Hall–Kier alpha value is -1.46. The number of carbonyl (C=O) groups is 2. The van der Waals surface area contributed by atoms with E-state index >= 15 is 0 Å². The molecule has 0 spiro atoms. The van der Waals surface area contributed by atoms with E-state index in [4.69, 9.17) is 9.47 Å². The lowest BCUT2D eigenvalue weighted by Gasteiger charge is -2.19. The molecule has 0 aromatic carbocycles. The number of ketones is 1. The Morgan fingerprint density at radius 3 is 2.78 bits per heavy atom. The van der Waals surface area contributed by atoms with Gasteiger partial charge in [-0.1, -0.05) is 12.2 Å². The number of rotatable bonds is 3. The Morgan fingerprint density at radius 2 is 2.22 bits per heavy atom. The minimum Gasteiger partial charge on any atom is -0.455 e. The first-order valence-electron chi connectivity index (χ1n) is 5.78. The van der Waals surface area contributed by atoms with Gasteiger partial charge in [-0.25, -0.2) is 0 Å². The second-order valence-electron chi connectivity index (χ2n) is 5.09. The highest BCUT2D eigenvalue weighted by atomic mass is 16.6. The topological polar surface area (TPSA) is 76.1 Å². The monoisotopic (exact) mass is 252 g/mol. The average molecular weight is 252 g/mol. The van der Waals surface area contributed by atoms with Gasteiger partial charge in [0.25, 0.3) is 0 Å². The highest BCUT2D eigenvalue weighted by molar-refractivity contribution is 5.98. The van der Waals surface area contributed by atoms with Crippen molar-refractivity contribution in [2.24, 2.45) is 0 Å². The van der Waals surface area contributed by atoms with Gasteiger partial charge in [0, 0.05) is 6.92 Å². The van der Waals surface area contributed by atoms with Gasteiger partial charge in [-0.05, 0) is 25.5 Å². The molecule has 3 atom stereocenters. The molecule has 0 amide bonds. The van der Waals surface area contributed by atoms with E-state index in [0.29, 0.717) is 5.57 Å². The summed E-state index contributed by atoms with van der Waals surface area (Å²) in [5.74, 6) is -0.551. The molecule has 2 rings (SSSR count). The molecule has 0 saturated carbocycles. The lowest BCUT2D eigenvalue weighted by Crippen LogP contribution is -2.31. The van der Waals surface area contributed by atoms with Crippen LogP contribution in [0.1, 0.15) is 20.8 Å². The first kappa shape index (κ1) is 13.0. The van der Waals surface area contributed by atoms with Gasteiger partial charge in [-0.3, -0.25) is 9.59 Å². The van der Waals surface area contributed by atoms with E-state index in [-0.39, 0.29) is 11.9 Å². The fraction of sp³-hybridized carbons (Fsp3) is 0.538. The van der Waals surface area contributed by atoms with Crippen LogP contribution in [0.5, 0.6) is 0 Å². The van der Waals surface area contributed by atoms with Crippen LogP contribution in [0.15, 0.2) is 23.8 Å². The molecule has 1 N–H and O–H groups in total. The summed E-state index contributed by atoms with van der Waals surface area (Å²) in [7, 11) is 0. The Bertz CT molecular complexity index is 441. The number of aliphatic hydroxyl groups is 1. The van der Waals surface area contributed by atoms with Gasteiger partial charge in [-0.15, -0.1) is 0 Å². The number of esters is 1. The highest BCUT2D eigenvalue weighted by Gasteiger charge is 2.54. The van der Waals surface area contributed by atoms with E-state index in [9.17, 15) is 14.7 Å². The van der Waals surface area contributed by atoms with Gasteiger partial charge < -0.3 is 14.6 Å². The second-order valence-corrected chi connectivity index (χ2v) is 5.09. The summed E-state index contributed by atoms with van der Waals surface area (Å²) in [5, 5.41) is 9.62. The van der Waals surface area contributed by atoms with Crippen molar-refractivity contribution in [3.8, 4) is 0 Å². The van der Waals surface area contributed by atoms with Crippen molar-refractivity contribution < 1.29 is 24.2 Å². The van der Waals surface area contributed by atoms with E-state index in [2.05, 4.69) is 0 Å². The summed E-state index contributed by atoms with van der Waals surface area (Å²) < 4.78 is 10.3. The van der Waals surface area contributed by atoms with Gasteiger partial charge in [-0.2, -0.15) is 0 Å². The zero-order valence-electron chi connectivity index (χ0n) is 10.5. The van der Waals surface area contributed by atoms with Gasteiger partial charge in [0.2, 0.25) is 0 Å². The lowest BCUT2D eigenvalue weighted by atomic mass is 9.94. The average Bonchev–Trinajstić information content (AvgIpc) is 2.98. The van der Waals surface area contributed by atoms with Crippen molar-refractivity contribution >= 4 is 11.8 Å². The zero-order chi connectivity index (χ0) is 13.5. The minimum atomic E-state index is -0.994. The largest absolute Gasteiger partial charge is 0.455 e. The summed E-state index contributed by atoms with van der Waals surface area (Å²) in [6, 6.07) is 0.